The molecule has 7 heteroatoms. The largest absolute Gasteiger partial charge is 0.381 e. The number of nitrogens with zero attached hydrogens (tertiary/aromatic N) is 2. The van der Waals surface area contributed by atoms with Crippen LogP contribution in [0.4, 0.5) is 4.39 Å². The number of nitrogens with two attached hydrogens (primary N) is 1. The number of hydrogen-bond donors (Lipinski definition) is 2. The second-order valence-electron chi connectivity index (χ2n) is 9.09. The first-order valence-electron chi connectivity index (χ1n) is 11.2. The van der Waals surface area contributed by atoms with Crippen molar-refractivity contribution in [3.05, 3.63) is 59.7 Å². The molecular weight excluding hydrogens is 407 g/mol. The van der Waals surface area contributed by atoms with Crippen molar-refractivity contribution in [3.8, 4) is 5.69 Å². The van der Waals surface area contributed by atoms with Gasteiger partial charge in [0.2, 0.25) is 5.91 Å². The van der Waals surface area contributed by atoms with Crippen LogP contribution >= 0.6 is 0 Å². The Morgan fingerprint density at radius 1 is 1.12 bits per heavy atom. The van der Waals surface area contributed by atoms with Crippen LogP contribution in [0.15, 0.2) is 42.6 Å². The minimum atomic E-state index is -0.251. The van der Waals surface area contributed by atoms with Crippen molar-refractivity contribution in [1.29, 1.82) is 0 Å². The predicted octanol–water partition coefficient (Wildman–Crippen LogP) is 4.52. The number of nitrogens with one attached hydrogen (secondary N) is 1. The molecule has 6 nitrogen and oxygen atoms in total. The molecule has 3 heterocycles. The topological polar surface area (TPSA) is 85.9 Å². The van der Waals surface area contributed by atoms with Gasteiger partial charge in [0.15, 0.2) is 0 Å². The quantitative estimate of drug-likeness (QED) is 0.497. The number of hydrogen-bond acceptors (Lipinski definition) is 3. The van der Waals surface area contributed by atoms with Crippen molar-refractivity contribution in [1.82, 2.24) is 14.8 Å². The molecule has 1 aliphatic heterocycles. The zero-order chi connectivity index (χ0) is 21.8. The number of ether oxygens (including phenoxy) is 1. The first-order chi connectivity index (χ1) is 15.6. The van der Waals surface area contributed by atoms with Crippen molar-refractivity contribution in [3.63, 3.8) is 0 Å². The molecule has 0 unspecified atom stereocenters. The van der Waals surface area contributed by atoms with E-state index in [-0.39, 0.29) is 23.6 Å². The highest BCUT2D eigenvalue weighted by Gasteiger charge is 2.39. The molecule has 0 atom stereocenters. The van der Waals surface area contributed by atoms with Crippen LogP contribution in [0.5, 0.6) is 0 Å². The highest BCUT2D eigenvalue weighted by atomic mass is 19.1. The molecule has 2 aromatic heterocycles. The van der Waals surface area contributed by atoms with E-state index in [9.17, 15) is 9.18 Å². The molecule has 3 N–H and O–H groups in total. The van der Waals surface area contributed by atoms with E-state index >= 15 is 0 Å². The molecule has 32 heavy (non-hydrogen) atoms. The zero-order valence-electron chi connectivity index (χ0n) is 17.7. The number of carbonyl (C=O) groups excluding carboxylic acids is 1. The fourth-order valence-electron chi connectivity index (χ4n) is 5.53. The van der Waals surface area contributed by atoms with Crippen LogP contribution in [-0.4, -0.2) is 33.9 Å². The molecule has 164 valence electrons. The number of aromatic amines is 1. The van der Waals surface area contributed by atoms with Gasteiger partial charge in [0.1, 0.15) is 5.82 Å². The monoisotopic (exact) mass is 432 g/mol. The summed E-state index contributed by atoms with van der Waals surface area (Å²) in [5, 5.41) is 9.51. The Morgan fingerprint density at radius 2 is 1.88 bits per heavy atom. The summed E-state index contributed by atoms with van der Waals surface area (Å²) in [6.45, 7) is 1.46. The number of amides is 1. The number of aromatic nitrogens is 3. The molecular formula is C25H25FN4O2. The number of fused-ring (bicyclic) bond motifs is 2. The lowest BCUT2D eigenvalue weighted by Crippen LogP contribution is -2.34. The van der Waals surface area contributed by atoms with Crippen molar-refractivity contribution >= 4 is 27.7 Å². The Hall–Kier alpha value is -3.19. The van der Waals surface area contributed by atoms with Gasteiger partial charge in [-0.15, -0.1) is 0 Å². The maximum absolute atomic E-state index is 13.8. The fraction of sp³-hybridized carbons (Fsp3) is 0.360. The summed E-state index contributed by atoms with van der Waals surface area (Å²) < 4.78 is 21.7. The maximum Gasteiger partial charge on any atom is 0.220 e. The summed E-state index contributed by atoms with van der Waals surface area (Å²) >= 11 is 0. The van der Waals surface area contributed by atoms with Gasteiger partial charge < -0.3 is 15.0 Å². The average Bonchev–Trinajstić information content (AvgIpc) is 3.34. The van der Waals surface area contributed by atoms with Gasteiger partial charge in [-0.05, 0) is 73.6 Å². The summed E-state index contributed by atoms with van der Waals surface area (Å²) in [6, 6.07) is 11.0. The van der Waals surface area contributed by atoms with Crippen LogP contribution in [0.3, 0.4) is 0 Å². The van der Waals surface area contributed by atoms with Gasteiger partial charge in [-0.25, -0.2) is 4.39 Å². The minimum Gasteiger partial charge on any atom is -0.381 e. The second-order valence-corrected chi connectivity index (χ2v) is 9.09. The first-order valence-corrected chi connectivity index (χ1v) is 11.2. The highest BCUT2D eigenvalue weighted by molar-refractivity contribution is 5.99. The Morgan fingerprint density at radius 3 is 2.59 bits per heavy atom. The third-order valence-electron chi connectivity index (χ3n) is 7.25. The van der Waals surface area contributed by atoms with E-state index in [4.69, 9.17) is 10.5 Å². The molecule has 4 aromatic rings. The third-order valence-corrected chi connectivity index (χ3v) is 7.25. The molecule has 2 aromatic carbocycles. The lowest BCUT2D eigenvalue weighted by molar-refractivity contribution is -0.124. The standard InChI is InChI=1S/C25H25FN4O2/c26-18-1-3-19(4-2-18)30-22-11-17-13-28-29-21(17)12-20(22)23(15-9-16(10-15)25(27)31)24(30)14-5-7-32-8-6-14/h1-4,11-16H,5-10H2,(H2,27,31)(H,28,29)/t15-,16-. The number of H-pyrrole nitrogens is 1. The lowest BCUT2D eigenvalue weighted by Gasteiger charge is -2.35. The van der Waals surface area contributed by atoms with Gasteiger partial charge >= 0.3 is 0 Å². The summed E-state index contributed by atoms with van der Waals surface area (Å²) in [5.41, 5.74) is 11.2. The van der Waals surface area contributed by atoms with Gasteiger partial charge in [-0.2, -0.15) is 5.10 Å². The average molecular weight is 432 g/mol. The molecule has 0 bridgehead atoms. The molecule has 0 spiro atoms. The van der Waals surface area contributed by atoms with Gasteiger partial charge in [0, 0.05) is 47.2 Å². The maximum atomic E-state index is 13.8. The Kier molecular flexibility index (Phi) is 4.54. The van der Waals surface area contributed by atoms with Gasteiger partial charge in [-0.1, -0.05) is 0 Å². The van der Waals surface area contributed by atoms with Gasteiger partial charge in [-0.3, -0.25) is 9.89 Å². The number of primary amides is 1. The minimum absolute atomic E-state index is 0.0670. The zero-order valence-corrected chi connectivity index (χ0v) is 17.7. The van der Waals surface area contributed by atoms with Crippen LogP contribution < -0.4 is 5.73 Å². The smallest absolute Gasteiger partial charge is 0.220 e. The SMILES string of the molecule is NC(=O)[C@H]1C[C@H](c2c(C3CCOCC3)n(-c3ccc(F)cc3)c3cc4cn[nH]c4cc32)C1. The molecule has 1 saturated carbocycles. The highest BCUT2D eigenvalue weighted by Crippen LogP contribution is 2.50. The van der Waals surface area contributed by atoms with E-state index in [0.717, 1.165) is 61.0 Å². The van der Waals surface area contributed by atoms with Gasteiger partial charge in [0.05, 0.1) is 17.2 Å². The number of carbonyl (C=O) groups is 1. The van der Waals surface area contributed by atoms with E-state index in [1.54, 1.807) is 0 Å². The summed E-state index contributed by atoms with van der Waals surface area (Å²) in [4.78, 5) is 11.8. The lowest BCUT2D eigenvalue weighted by atomic mass is 9.69. The van der Waals surface area contributed by atoms with Gasteiger partial charge in [0.25, 0.3) is 0 Å². The molecule has 2 aliphatic rings. The van der Waals surface area contributed by atoms with Crippen molar-refractivity contribution in [2.75, 3.05) is 13.2 Å². The van der Waals surface area contributed by atoms with Crippen LogP contribution in [0.25, 0.3) is 27.5 Å². The molecule has 2 fully saturated rings. The Balaban J connectivity index is 1.63. The number of benzene rings is 2. The number of halogens is 1. The molecule has 1 amide bonds. The normalized spacial score (nSPS) is 21.8. The van der Waals surface area contributed by atoms with Crippen LogP contribution in [0.1, 0.15) is 48.8 Å². The first kappa shape index (κ1) is 19.5. The number of rotatable bonds is 4. The fourth-order valence-corrected chi connectivity index (χ4v) is 5.53. The van der Waals surface area contributed by atoms with Crippen LogP contribution in [-0.2, 0) is 9.53 Å². The van der Waals surface area contributed by atoms with Crippen molar-refractivity contribution < 1.29 is 13.9 Å². The molecule has 1 aliphatic carbocycles. The van der Waals surface area contributed by atoms with Crippen molar-refractivity contribution in [2.24, 2.45) is 11.7 Å². The van der Waals surface area contributed by atoms with E-state index in [1.165, 1.54) is 28.8 Å². The summed E-state index contributed by atoms with van der Waals surface area (Å²) in [5.74, 6) is 0.0727. The Labute approximate surface area is 184 Å². The molecule has 0 radical (unpaired) electrons. The van der Waals surface area contributed by atoms with E-state index in [1.807, 2.05) is 18.3 Å². The van der Waals surface area contributed by atoms with Crippen LogP contribution in [0, 0.1) is 11.7 Å². The van der Waals surface area contributed by atoms with Crippen molar-refractivity contribution in [2.45, 2.75) is 37.5 Å². The molecule has 6 rings (SSSR count). The van der Waals surface area contributed by atoms with E-state index in [0.29, 0.717) is 5.92 Å². The van der Waals surface area contributed by atoms with E-state index in [2.05, 4.69) is 26.9 Å². The third kappa shape index (κ3) is 3.03. The Bertz CT molecular complexity index is 1310. The predicted molar refractivity (Wildman–Crippen MR) is 120 cm³/mol. The summed E-state index contributed by atoms with van der Waals surface area (Å²) in [7, 11) is 0. The molecule has 1 saturated heterocycles. The van der Waals surface area contributed by atoms with Crippen LogP contribution in [0.2, 0.25) is 0 Å². The summed E-state index contributed by atoms with van der Waals surface area (Å²) in [6.07, 6.45) is 5.26. The second kappa shape index (κ2) is 7.45. The van der Waals surface area contributed by atoms with E-state index < -0.39 is 0 Å².